The van der Waals surface area contributed by atoms with Gasteiger partial charge in [0.1, 0.15) is 0 Å². The van der Waals surface area contributed by atoms with Crippen LogP contribution < -0.4 is 0 Å². The summed E-state index contributed by atoms with van der Waals surface area (Å²) in [7, 11) is 0. The maximum atomic E-state index is 2.41. The van der Waals surface area contributed by atoms with Gasteiger partial charge in [-0.2, -0.15) is 0 Å². The minimum absolute atomic E-state index is 1.07. The lowest BCUT2D eigenvalue weighted by molar-refractivity contribution is 0.221. The van der Waals surface area contributed by atoms with Gasteiger partial charge < -0.3 is 0 Å². The summed E-state index contributed by atoms with van der Waals surface area (Å²) in [6.45, 7) is 0. The van der Waals surface area contributed by atoms with E-state index < -0.39 is 0 Å². The molecule has 0 N–H and O–H groups in total. The van der Waals surface area contributed by atoms with E-state index in [0.717, 1.165) is 11.8 Å². The van der Waals surface area contributed by atoms with Crippen LogP contribution in [0.5, 0.6) is 0 Å². The molecule has 0 bridgehead atoms. The van der Waals surface area contributed by atoms with E-state index in [-0.39, 0.29) is 0 Å². The van der Waals surface area contributed by atoms with Gasteiger partial charge in [0.05, 0.1) is 0 Å². The smallest absolute Gasteiger partial charge is 0.0348 e. The van der Waals surface area contributed by atoms with Crippen LogP contribution in [0.4, 0.5) is 0 Å². The van der Waals surface area contributed by atoms with Crippen LogP contribution in [0.15, 0.2) is 12.2 Å². The predicted molar refractivity (Wildman–Crippen MR) is 62.3 cm³/mol. The van der Waals surface area contributed by atoms with Crippen LogP contribution in [-0.2, 0) is 0 Å². The summed E-state index contributed by atoms with van der Waals surface area (Å²) in [6.07, 6.45) is 19.5. The number of allylic oxidation sites excluding steroid dienone is 2. The first-order chi connectivity index (χ1) is 6.97. The van der Waals surface area contributed by atoms with Crippen molar-refractivity contribution < 1.29 is 0 Å². The van der Waals surface area contributed by atoms with Crippen LogP contribution in [0, 0.1) is 11.8 Å². The van der Waals surface area contributed by atoms with Crippen molar-refractivity contribution in [1.82, 2.24) is 0 Å². The van der Waals surface area contributed by atoms with E-state index in [1.165, 1.54) is 64.2 Å². The highest BCUT2D eigenvalue weighted by molar-refractivity contribution is 4.86. The van der Waals surface area contributed by atoms with Gasteiger partial charge in [-0.3, -0.25) is 0 Å². The van der Waals surface area contributed by atoms with Crippen molar-refractivity contribution in [3.05, 3.63) is 12.2 Å². The monoisotopic (exact) mass is 192 g/mol. The highest BCUT2D eigenvalue weighted by Crippen LogP contribution is 2.35. The molecule has 0 radical (unpaired) electrons. The minimum Gasteiger partial charge on any atom is -0.0885 e. The molecule has 80 valence electrons. The van der Waals surface area contributed by atoms with Gasteiger partial charge in [-0.15, -0.1) is 0 Å². The van der Waals surface area contributed by atoms with E-state index in [4.69, 9.17) is 0 Å². The molecule has 0 aromatic heterocycles. The van der Waals surface area contributed by atoms with E-state index in [2.05, 4.69) is 12.2 Å². The molecule has 14 heavy (non-hydrogen) atoms. The number of rotatable bonds is 1. The van der Waals surface area contributed by atoms with Crippen LogP contribution in [0.25, 0.3) is 0 Å². The first-order valence-corrected chi connectivity index (χ1v) is 6.62. The molecule has 0 heteroatoms. The minimum atomic E-state index is 1.07. The van der Waals surface area contributed by atoms with Crippen molar-refractivity contribution in [1.29, 1.82) is 0 Å². The van der Waals surface area contributed by atoms with Crippen molar-refractivity contribution in [2.75, 3.05) is 0 Å². The van der Waals surface area contributed by atoms with Gasteiger partial charge in [-0.1, -0.05) is 44.3 Å². The van der Waals surface area contributed by atoms with Crippen molar-refractivity contribution in [2.45, 2.75) is 64.2 Å². The van der Waals surface area contributed by atoms with Gasteiger partial charge in [0.2, 0.25) is 0 Å². The van der Waals surface area contributed by atoms with Crippen LogP contribution in [0.1, 0.15) is 64.2 Å². The highest BCUT2D eigenvalue weighted by Gasteiger charge is 2.22. The second-order valence-corrected chi connectivity index (χ2v) is 5.14. The lowest BCUT2D eigenvalue weighted by Crippen LogP contribution is -2.18. The van der Waals surface area contributed by atoms with Crippen LogP contribution in [0.3, 0.4) is 0 Å². The molecule has 1 unspecified atom stereocenters. The zero-order valence-corrected chi connectivity index (χ0v) is 9.38. The molecule has 0 aromatic rings. The molecular formula is C14H24. The summed E-state index contributed by atoms with van der Waals surface area (Å²) >= 11 is 0. The van der Waals surface area contributed by atoms with Crippen molar-refractivity contribution in [3.63, 3.8) is 0 Å². The average Bonchev–Trinajstić information content (AvgIpc) is 2.18. The molecule has 1 fully saturated rings. The van der Waals surface area contributed by atoms with Gasteiger partial charge in [0.15, 0.2) is 0 Å². The molecule has 1 saturated carbocycles. The van der Waals surface area contributed by atoms with Gasteiger partial charge in [-0.25, -0.2) is 0 Å². The van der Waals surface area contributed by atoms with Crippen molar-refractivity contribution >= 4 is 0 Å². The summed E-state index contributed by atoms with van der Waals surface area (Å²) in [5, 5.41) is 0. The van der Waals surface area contributed by atoms with E-state index in [9.17, 15) is 0 Å². The summed E-state index contributed by atoms with van der Waals surface area (Å²) < 4.78 is 0. The van der Waals surface area contributed by atoms with E-state index >= 15 is 0 Å². The zero-order chi connectivity index (χ0) is 9.64. The average molecular weight is 192 g/mol. The third-order valence-corrected chi connectivity index (χ3v) is 4.13. The third kappa shape index (κ3) is 2.87. The molecule has 0 aromatic carbocycles. The Morgan fingerprint density at radius 3 is 2.07 bits per heavy atom. The molecule has 2 aliphatic carbocycles. The molecule has 2 aliphatic rings. The molecule has 0 aliphatic heterocycles. The Morgan fingerprint density at radius 2 is 1.21 bits per heavy atom. The van der Waals surface area contributed by atoms with E-state index in [0.29, 0.717) is 0 Å². The molecule has 1 atom stereocenters. The molecular weight excluding hydrogens is 168 g/mol. The quantitative estimate of drug-likeness (QED) is 0.528. The van der Waals surface area contributed by atoms with Crippen LogP contribution >= 0.6 is 0 Å². The Balaban J connectivity index is 1.84. The summed E-state index contributed by atoms with van der Waals surface area (Å²) in [5.41, 5.74) is 0. The number of hydrogen-bond donors (Lipinski definition) is 0. The molecule has 0 heterocycles. The Bertz CT molecular complexity index is 174. The zero-order valence-electron chi connectivity index (χ0n) is 9.38. The molecule has 0 amide bonds. The van der Waals surface area contributed by atoms with E-state index in [1.54, 1.807) is 0 Å². The highest BCUT2D eigenvalue weighted by atomic mass is 14.3. The second kappa shape index (κ2) is 5.58. The second-order valence-electron chi connectivity index (χ2n) is 5.14. The lowest BCUT2D eigenvalue weighted by atomic mass is 9.75. The first-order valence-electron chi connectivity index (χ1n) is 6.62. The van der Waals surface area contributed by atoms with Crippen LogP contribution in [-0.4, -0.2) is 0 Å². The summed E-state index contributed by atoms with van der Waals surface area (Å²) in [4.78, 5) is 0. The Hall–Kier alpha value is -0.260. The summed E-state index contributed by atoms with van der Waals surface area (Å²) in [5.74, 6) is 2.16. The largest absolute Gasteiger partial charge is 0.0885 e. The maximum Gasteiger partial charge on any atom is -0.0348 e. The van der Waals surface area contributed by atoms with Gasteiger partial charge >= 0.3 is 0 Å². The number of hydrogen-bond acceptors (Lipinski definition) is 0. The van der Waals surface area contributed by atoms with Gasteiger partial charge in [0.25, 0.3) is 0 Å². The molecule has 0 saturated heterocycles. The molecule has 0 spiro atoms. The Morgan fingerprint density at radius 1 is 0.571 bits per heavy atom. The SMILES string of the molecule is C1=CCCC(C2CCCCC2)CCC1. The standard InChI is InChI=1S/C14H24/c1-2-5-9-13(10-6-3-1)14-11-7-4-8-12-14/h1-2,13-14H,3-12H2. The van der Waals surface area contributed by atoms with Crippen molar-refractivity contribution in [2.24, 2.45) is 11.8 Å². The maximum absolute atomic E-state index is 2.41. The first kappa shape index (κ1) is 10.3. The van der Waals surface area contributed by atoms with Gasteiger partial charge in [-0.05, 0) is 43.9 Å². The topological polar surface area (TPSA) is 0 Å². The fourth-order valence-corrected chi connectivity index (χ4v) is 3.27. The Labute approximate surface area is 88.8 Å². The fourth-order valence-electron chi connectivity index (χ4n) is 3.27. The summed E-state index contributed by atoms with van der Waals surface area (Å²) in [6, 6.07) is 0. The van der Waals surface area contributed by atoms with E-state index in [1.807, 2.05) is 0 Å². The normalized spacial score (nSPS) is 31.0. The molecule has 0 nitrogen and oxygen atoms in total. The Kier molecular flexibility index (Phi) is 4.09. The van der Waals surface area contributed by atoms with Crippen molar-refractivity contribution in [3.8, 4) is 0 Å². The lowest BCUT2D eigenvalue weighted by Gasteiger charge is -2.30. The third-order valence-electron chi connectivity index (χ3n) is 4.13. The van der Waals surface area contributed by atoms with Crippen LogP contribution in [0.2, 0.25) is 0 Å². The predicted octanol–water partition coefficient (Wildman–Crippen LogP) is 4.70. The fraction of sp³-hybridized carbons (Fsp3) is 0.857. The van der Waals surface area contributed by atoms with Gasteiger partial charge in [0, 0.05) is 0 Å². The molecule has 2 rings (SSSR count).